The van der Waals surface area contributed by atoms with Crippen molar-refractivity contribution in [2.75, 3.05) is 19.6 Å². The fraction of sp³-hybridized carbons (Fsp3) is 0.429. The smallest absolute Gasteiger partial charge is 0.218 e. The first-order chi connectivity index (χ1) is 9.47. The Morgan fingerprint density at radius 3 is 2.45 bits per heavy atom. The molecule has 1 aromatic carbocycles. The van der Waals surface area contributed by atoms with E-state index in [2.05, 4.69) is 0 Å². The number of hydrogen-bond donors (Lipinski definition) is 1. The van der Waals surface area contributed by atoms with E-state index in [1.807, 2.05) is 0 Å². The van der Waals surface area contributed by atoms with Crippen molar-refractivity contribution in [3.05, 3.63) is 33.8 Å². The average molecular weight is 316 g/mol. The quantitative estimate of drug-likeness (QED) is 0.809. The second-order valence-electron chi connectivity index (χ2n) is 5.07. The Hall–Kier alpha value is -1.10. The van der Waals surface area contributed by atoms with Crippen LogP contribution >= 0.6 is 23.2 Å². The first kappa shape index (κ1) is 15.3. The highest BCUT2D eigenvalue weighted by atomic mass is 35.5. The summed E-state index contributed by atoms with van der Waals surface area (Å²) in [5, 5.41) is 11.6. The first-order valence-corrected chi connectivity index (χ1v) is 7.25. The van der Waals surface area contributed by atoms with Crippen molar-refractivity contribution in [3.63, 3.8) is 0 Å². The number of Topliss-reactive ketones (excluding diaryl/α,β-unsaturated/α-hetero) is 1. The van der Waals surface area contributed by atoms with Gasteiger partial charge >= 0.3 is 0 Å². The molecule has 0 aromatic heterocycles. The summed E-state index contributed by atoms with van der Waals surface area (Å²) in [6.07, 6.45) is 1.11. The minimum atomic E-state index is -0.990. The van der Waals surface area contributed by atoms with Gasteiger partial charge in [0.05, 0.1) is 18.1 Å². The van der Waals surface area contributed by atoms with E-state index in [0.717, 1.165) is 4.90 Å². The Morgan fingerprint density at radius 2 is 1.90 bits per heavy atom. The van der Waals surface area contributed by atoms with Crippen LogP contribution in [-0.2, 0) is 4.79 Å². The summed E-state index contributed by atoms with van der Waals surface area (Å²) in [6.45, 7) is 1.65. The Balaban J connectivity index is 1.94. The zero-order chi connectivity index (χ0) is 14.7. The maximum absolute atomic E-state index is 12.2. The molecule has 4 nitrogen and oxygen atoms in total. The molecule has 1 aromatic rings. The third-order valence-electron chi connectivity index (χ3n) is 3.67. The maximum atomic E-state index is 12.2. The van der Waals surface area contributed by atoms with Crippen LogP contribution in [0.25, 0.3) is 0 Å². The predicted octanol–water partition coefficient (Wildman–Crippen LogP) is 0.221. The highest BCUT2D eigenvalue weighted by Gasteiger charge is 2.25. The van der Waals surface area contributed by atoms with Crippen LogP contribution in [0.3, 0.4) is 0 Å². The second-order valence-corrected chi connectivity index (χ2v) is 5.91. The Morgan fingerprint density at radius 1 is 1.25 bits per heavy atom. The third kappa shape index (κ3) is 3.72. The number of ketones is 1. The number of aliphatic carboxylic acids is 1. The molecule has 1 saturated heterocycles. The van der Waals surface area contributed by atoms with E-state index in [9.17, 15) is 14.7 Å². The number of carboxylic acids is 1. The zero-order valence-corrected chi connectivity index (χ0v) is 12.3. The number of halogens is 2. The van der Waals surface area contributed by atoms with Crippen LogP contribution in [-0.4, -0.2) is 31.4 Å². The lowest BCUT2D eigenvalue weighted by molar-refractivity contribution is -0.897. The molecule has 1 N–H and O–H groups in total. The first-order valence-electron chi connectivity index (χ1n) is 6.50. The molecule has 108 valence electrons. The number of rotatable bonds is 4. The predicted molar refractivity (Wildman–Crippen MR) is 74.1 cm³/mol. The van der Waals surface area contributed by atoms with Gasteiger partial charge in [-0.1, -0.05) is 23.2 Å². The number of carboxylic acid groups (broad SMARTS) is 1. The minimum absolute atomic E-state index is 0.0476. The van der Waals surface area contributed by atoms with Gasteiger partial charge in [-0.25, -0.2) is 0 Å². The molecule has 0 saturated carbocycles. The molecular weight excluding hydrogens is 301 g/mol. The van der Waals surface area contributed by atoms with E-state index in [1.165, 1.54) is 0 Å². The van der Waals surface area contributed by atoms with E-state index in [1.54, 1.807) is 18.2 Å². The fourth-order valence-electron chi connectivity index (χ4n) is 2.48. The summed E-state index contributed by atoms with van der Waals surface area (Å²) in [4.78, 5) is 24.0. The van der Waals surface area contributed by atoms with Crippen molar-refractivity contribution in [1.82, 2.24) is 0 Å². The van der Waals surface area contributed by atoms with Crippen LogP contribution in [0.2, 0.25) is 10.0 Å². The lowest BCUT2D eigenvalue weighted by Crippen LogP contribution is -3.14. The van der Waals surface area contributed by atoms with Gasteiger partial charge in [-0.15, -0.1) is 0 Å². The van der Waals surface area contributed by atoms with Crippen LogP contribution in [0, 0.1) is 5.92 Å². The van der Waals surface area contributed by atoms with Gasteiger partial charge in [0, 0.05) is 35.3 Å². The number of carbonyl (C=O) groups excluding carboxylic acids is 2. The SMILES string of the molecule is O=C(C[NH+]1CCC(C(=O)[O-])CC1)c1ccc(Cl)cc1Cl. The van der Waals surface area contributed by atoms with E-state index in [-0.39, 0.29) is 11.7 Å². The number of benzene rings is 1. The van der Waals surface area contributed by atoms with Gasteiger partial charge in [-0.05, 0) is 18.2 Å². The summed E-state index contributed by atoms with van der Waals surface area (Å²) >= 11 is 11.8. The number of quaternary nitrogens is 1. The highest BCUT2D eigenvalue weighted by Crippen LogP contribution is 2.21. The minimum Gasteiger partial charge on any atom is -0.550 e. The molecule has 2 rings (SSSR count). The van der Waals surface area contributed by atoms with Gasteiger partial charge in [0.2, 0.25) is 5.78 Å². The summed E-state index contributed by atoms with van der Waals surface area (Å²) in [5.74, 6) is -1.42. The topological polar surface area (TPSA) is 61.6 Å². The van der Waals surface area contributed by atoms with Crippen LogP contribution in [0.5, 0.6) is 0 Å². The molecule has 0 aliphatic carbocycles. The largest absolute Gasteiger partial charge is 0.550 e. The summed E-state index contributed by atoms with van der Waals surface area (Å²) in [5.41, 5.74) is 0.464. The van der Waals surface area contributed by atoms with Gasteiger partial charge in [-0.3, -0.25) is 4.79 Å². The molecule has 6 heteroatoms. The number of piperidine rings is 1. The van der Waals surface area contributed by atoms with Crippen LogP contribution < -0.4 is 10.0 Å². The van der Waals surface area contributed by atoms with E-state index in [4.69, 9.17) is 23.2 Å². The van der Waals surface area contributed by atoms with E-state index >= 15 is 0 Å². The van der Waals surface area contributed by atoms with Crippen LogP contribution in [0.15, 0.2) is 18.2 Å². The number of nitrogens with one attached hydrogen (secondary N) is 1. The van der Waals surface area contributed by atoms with Gasteiger partial charge in [0.1, 0.15) is 6.54 Å². The van der Waals surface area contributed by atoms with Crippen LogP contribution in [0.4, 0.5) is 0 Å². The van der Waals surface area contributed by atoms with Gasteiger partial charge in [0.25, 0.3) is 0 Å². The van der Waals surface area contributed by atoms with Crippen molar-refractivity contribution in [2.24, 2.45) is 5.92 Å². The summed E-state index contributed by atoms with van der Waals surface area (Å²) < 4.78 is 0. The Kier molecular flexibility index (Phi) is 5.02. The molecule has 0 bridgehead atoms. The summed E-state index contributed by atoms with van der Waals surface area (Å²) in [6, 6.07) is 4.81. The van der Waals surface area contributed by atoms with Crippen molar-refractivity contribution in [2.45, 2.75) is 12.8 Å². The molecule has 1 aliphatic heterocycles. The standard InChI is InChI=1S/C14H15Cl2NO3/c15-10-1-2-11(12(16)7-10)13(18)8-17-5-3-9(4-6-17)14(19)20/h1-2,7,9H,3-6,8H2,(H,19,20). The lowest BCUT2D eigenvalue weighted by Gasteiger charge is -2.29. The normalized spacial score (nSPS) is 22.5. The van der Waals surface area contributed by atoms with Crippen molar-refractivity contribution in [1.29, 1.82) is 0 Å². The molecule has 0 amide bonds. The number of hydrogen-bond acceptors (Lipinski definition) is 3. The average Bonchev–Trinajstić information content (AvgIpc) is 2.39. The molecule has 1 aliphatic rings. The Labute approximate surface area is 127 Å². The van der Waals surface area contributed by atoms with Gasteiger partial charge in [-0.2, -0.15) is 0 Å². The molecule has 0 spiro atoms. The highest BCUT2D eigenvalue weighted by molar-refractivity contribution is 6.36. The van der Waals surface area contributed by atoms with Crippen molar-refractivity contribution in [3.8, 4) is 0 Å². The third-order valence-corrected chi connectivity index (χ3v) is 4.22. The van der Waals surface area contributed by atoms with Crippen molar-refractivity contribution >= 4 is 35.0 Å². The molecule has 0 radical (unpaired) electrons. The second kappa shape index (κ2) is 6.57. The molecular formula is C14H15Cl2NO3. The zero-order valence-electron chi connectivity index (χ0n) is 10.8. The number of likely N-dealkylation sites (tertiary alicyclic amines) is 1. The van der Waals surface area contributed by atoms with Crippen molar-refractivity contribution < 1.29 is 19.6 Å². The summed E-state index contributed by atoms with van der Waals surface area (Å²) in [7, 11) is 0. The molecule has 1 fully saturated rings. The fourth-order valence-corrected chi connectivity index (χ4v) is 2.99. The maximum Gasteiger partial charge on any atom is 0.218 e. The lowest BCUT2D eigenvalue weighted by atomic mass is 9.97. The van der Waals surface area contributed by atoms with E-state index in [0.29, 0.717) is 48.1 Å². The number of carbonyl (C=O) groups is 2. The molecule has 20 heavy (non-hydrogen) atoms. The Bertz CT molecular complexity index is 525. The molecule has 0 unspecified atom stereocenters. The monoisotopic (exact) mass is 315 g/mol. The van der Waals surface area contributed by atoms with E-state index < -0.39 is 5.97 Å². The van der Waals surface area contributed by atoms with Gasteiger partial charge in [0.15, 0.2) is 0 Å². The van der Waals surface area contributed by atoms with Gasteiger partial charge < -0.3 is 14.8 Å². The molecule has 0 atom stereocenters. The van der Waals surface area contributed by atoms with Crippen LogP contribution in [0.1, 0.15) is 23.2 Å². The molecule has 1 heterocycles.